The molecule has 6 nitrogen and oxygen atoms in total. The SMILES string of the molecule is CCNC(=NCc1csc(C(C)C)n1)NCC(c1cccc(OC)c1)N1CCCC1.I. The molecule has 2 aromatic rings. The Bertz CT molecular complexity index is 820. The summed E-state index contributed by atoms with van der Waals surface area (Å²) in [6, 6.07) is 8.71. The molecule has 31 heavy (non-hydrogen) atoms. The molecule has 1 aliphatic rings. The molecule has 0 amide bonds. The Labute approximate surface area is 207 Å². The van der Waals surface area contributed by atoms with E-state index in [4.69, 9.17) is 14.7 Å². The van der Waals surface area contributed by atoms with Crippen molar-refractivity contribution in [2.24, 2.45) is 4.99 Å². The van der Waals surface area contributed by atoms with E-state index in [2.05, 4.69) is 59.9 Å². The van der Waals surface area contributed by atoms with E-state index < -0.39 is 0 Å². The smallest absolute Gasteiger partial charge is 0.191 e. The number of guanidine groups is 1. The number of halogens is 1. The lowest BCUT2D eigenvalue weighted by Crippen LogP contribution is -2.42. The first-order valence-corrected chi connectivity index (χ1v) is 11.8. The highest BCUT2D eigenvalue weighted by atomic mass is 127. The molecule has 0 radical (unpaired) electrons. The van der Waals surface area contributed by atoms with E-state index in [1.807, 2.05) is 6.07 Å². The lowest BCUT2D eigenvalue weighted by Gasteiger charge is -2.29. The average molecular weight is 558 g/mol. The maximum Gasteiger partial charge on any atom is 0.191 e. The van der Waals surface area contributed by atoms with Crippen LogP contribution in [-0.4, -0.2) is 49.1 Å². The number of hydrogen-bond donors (Lipinski definition) is 2. The van der Waals surface area contributed by atoms with Crippen molar-refractivity contribution in [1.82, 2.24) is 20.5 Å². The summed E-state index contributed by atoms with van der Waals surface area (Å²) in [6.45, 7) is 10.9. The Hall–Kier alpha value is -1.39. The van der Waals surface area contributed by atoms with Crippen LogP contribution in [0.15, 0.2) is 34.6 Å². The third-order valence-corrected chi connectivity index (χ3v) is 6.52. The quantitative estimate of drug-likeness (QED) is 0.264. The molecule has 1 fully saturated rings. The number of nitrogens with zero attached hydrogens (tertiary/aromatic N) is 3. The maximum absolute atomic E-state index is 5.46. The van der Waals surface area contributed by atoms with Crippen LogP contribution in [0.4, 0.5) is 0 Å². The van der Waals surface area contributed by atoms with E-state index in [1.54, 1.807) is 18.4 Å². The summed E-state index contributed by atoms with van der Waals surface area (Å²) < 4.78 is 5.46. The number of rotatable bonds is 9. The fourth-order valence-electron chi connectivity index (χ4n) is 3.72. The van der Waals surface area contributed by atoms with Gasteiger partial charge in [-0.3, -0.25) is 4.90 Å². The van der Waals surface area contributed by atoms with Crippen molar-refractivity contribution in [3.05, 3.63) is 45.9 Å². The molecule has 1 saturated heterocycles. The first kappa shape index (κ1) is 25.9. The van der Waals surface area contributed by atoms with Crippen molar-refractivity contribution in [3.63, 3.8) is 0 Å². The Balaban J connectivity index is 0.00000341. The topological polar surface area (TPSA) is 61.8 Å². The molecule has 0 spiro atoms. The van der Waals surface area contributed by atoms with Gasteiger partial charge in [0.25, 0.3) is 0 Å². The van der Waals surface area contributed by atoms with Gasteiger partial charge in [-0.25, -0.2) is 9.98 Å². The summed E-state index contributed by atoms with van der Waals surface area (Å²) >= 11 is 1.72. The van der Waals surface area contributed by atoms with Gasteiger partial charge in [0.05, 0.1) is 30.4 Å². The standard InChI is InChI=1S/C23H35N5OS.HI/c1-5-24-23(25-14-19-16-30-22(27-19)17(2)3)26-15-21(28-11-6-7-12-28)18-9-8-10-20(13-18)29-4;/h8-10,13,16-17,21H,5-7,11-12,14-15H2,1-4H3,(H2,24,25,26);1H. The van der Waals surface area contributed by atoms with Gasteiger partial charge in [0, 0.05) is 24.4 Å². The number of thiazole rings is 1. The van der Waals surface area contributed by atoms with Crippen LogP contribution in [0.5, 0.6) is 5.75 Å². The van der Waals surface area contributed by atoms with Crippen LogP contribution in [0.2, 0.25) is 0 Å². The van der Waals surface area contributed by atoms with E-state index in [9.17, 15) is 0 Å². The van der Waals surface area contributed by atoms with Gasteiger partial charge >= 0.3 is 0 Å². The summed E-state index contributed by atoms with van der Waals surface area (Å²) in [5.74, 6) is 2.20. The fourth-order valence-corrected chi connectivity index (χ4v) is 4.54. The van der Waals surface area contributed by atoms with Crippen LogP contribution in [0.3, 0.4) is 0 Å². The van der Waals surface area contributed by atoms with Crippen molar-refractivity contribution in [2.75, 3.05) is 33.3 Å². The Morgan fingerprint density at radius 3 is 2.68 bits per heavy atom. The zero-order chi connectivity index (χ0) is 21.3. The number of ether oxygens (including phenoxy) is 1. The summed E-state index contributed by atoms with van der Waals surface area (Å²) in [6.07, 6.45) is 2.52. The predicted octanol–water partition coefficient (Wildman–Crippen LogP) is 4.79. The molecule has 1 aliphatic heterocycles. The Morgan fingerprint density at radius 1 is 1.26 bits per heavy atom. The lowest BCUT2D eigenvalue weighted by molar-refractivity contribution is 0.245. The van der Waals surface area contributed by atoms with Crippen LogP contribution in [0.1, 0.15) is 61.8 Å². The van der Waals surface area contributed by atoms with Crippen molar-refractivity contribution in [2.45, 2.75) is 52.1 Å². The van der Waals surface area contributed by atoms with Gasteiger partial charge in [0.2, 0.25) is 0 Å². The van der Waals surface area contributed by atoms with Crippen molar-refractivity contribution in [3.8, 4) is 5.75 Å². The first-order valence-electron chi connectivity index (χ1n) is 10.9. The van der Waals surface area contributed by atoms with Crippen LogP contribution >= 0.6 is 35.3 Å². The second-order valence-corrected chi connectivity index (χ2v) is 8.83. The van der Waals surface area contributed by atoms with Gasteiger partial charge in [0.15, 0.2) is 5.96 Å². The average Bonchev–Trinajstić information content (AvgIpc) is 3.45. The minimum absolute atomic E-state index is 0. The molecule has 172 valence electrons. The van der Waals surface area contributed by atoms with Gasteiger partial charge in [-0.15, -0.1) is 35.3 Å². The van der Waals surface area contributed by atoms with Gasteiger partial charge in [-0.2, -0.15) is 0 Å². The molecule has 1 unspecified atom stereocenters. The molecular formula is C23H36IN5OS. The number of aromatic nitrogens is 1. The molecule has 2 heterocycles. The summed E-state index contributed by atoms with van der Waals surface area (Å²) in [7, 11) is 1.72. The normalized spacial score (nSPS) is 15.6. The number of likely N-dealkylation sites (tertiary alicyclic amines) is 1. The van der Waals surface area contributed by atoms with Crippen molar-refractivity contribution in [1.29, 1.82) is 0 Å². The van der Waals surface area contributed by atoms with Crippen LogP contribution in [0.25, 0.3) is 0 Å². The number of hydrogen-bond acceptors (Lipinski definition) is 5. The molecule has 8 heteroatoms. The van der Waals surface area contributed by atoms with Crippen molar-refractivity contribution >= 4 is 41.3 Å². The van der Waals surface area contributed by atoms with Gasteiger partial charge in [-0.05, 0) is 50.6 Å². The minimum atomic E-state index is 0. The Kier molecular flexibility index (Phi) is 11.0. The van der Waals surface area contributed by atoms with Gasteiger partial charge < -0.3 is 15.4 Å². The lowest BCUT2D eigenvalue weighted by atomic mass is 10.1. The van der Waals surface area contributed by atoms with Gasteiger partial charge in [-0.1, -0.05) is 26.0 Å². The summed E-state index contributed by atoms with van der Waals surface area (Å²) in [5, 5.41) is 10.2. The number of benzene rings is 1. The second kappa shape index (κ2) is 13.2. The maximum atomic E-state index is 5.46. The van der Waals surface area contributed by atoms with Crippen LogP contribution in [0, 0.1) is 0 Å². The molecular weight excluding hydrogens is 521 g/mol. The molecule has 3 rings (SSSR count). The van der Waals surface area contributed by atoms with E-state index in [0.29, 0.717) is 18.5 Å². The van der Waals surface area contributed by atoms with Gasteiger partial charge in [0.1, 0.15) is 5.75 Å². The molecule has 1 aromatic heterocycles. The van der Waals surface area contributed by atoms with E-state index >= 15 is 0 Å². The summed E-state index contributed by atoms with van der Waals surface area (Å²) in [4.78, 5) is 12.0. The van der Waals surface area contributed by atoms with E-state index in [0.717, 1.165) is 43.6 Å². The third kappa shape index (κ3) is 7.61. The molecule has 1 aromatic carbocycles. The van der Waals surface area contributed by atoms with Crippen LogP contribution < -0.4 is 15.4 Å². The second-order valence-electron chi connectivity index (χ2n) is 7.94. The zero-order valence-corrected chi connectivity index (χ0v) is 22.2. The number of aliphatic imine (C=N–C) groups is 1. The Morgan fingerprint density at radius 2 is 2.03 bits per heavy atom. The zero-order valence-electron chi connectivity index (χ0n) is 19.1. The fraction of sp³-hybridized carbons (Fsp3) is 0.565. The highest BCUT2D eigenvalue weighted by Gasteiger charge is 2.24. The van der Waals surface area contributed by atoms with E-state index in [1.165, 1.54) is 23.4 Å². The van der Waals surface area contributed by atoms with Crippen molar-refractivity contribution < 1.29 is 4.74 Å². The van der Waals surface area contributed by atoms with E-state index in [-0.39, 0.29) is 24.0 Å². The molecule has 2 N–H and O–H groups in total. The first-order chi connectivity index (χ1) is 14.6. The molecule has 1 atom stereocenters. The van der Waals surface area contributed by atoms with Crippen LogP contribution in [-0.2, 0) is 6.54 Å². The molecule has 0 aliphatic carbocycles. The number of nitrogens with one attached hydrogen (secondary N) is 2. The third-order valence-electron chi connectivity index (χ3n) is 5.33. The molecule has 0 bridgehead atoms. The highest BCUT2D eigenvalue weighted by Crippen LogP contribution is 2.27. The monoisotopic (exact) mass is 557 g/mol. The molecule has 0 saturated carbocycles. The number of methoxy groups -OCH3 is 1. The summed E-state index contributed by atoms with van der Waals surface area (Å²) in [5.41, 5.74) is 2.31. The largest absolute Gasteiger partial charge is 0.497 e. The highest BCUT2D eigenvalue weighted by molar-refractivity contribution is 14.0. The predicted molar refractivity (Wildman–Crippen MR) is 141 cm³/mol. The minimum Gasteiger partial charge on any atom is -0.497 e.